The van der Waals surface area contributed by atoms with Crippen LogP contribution in [0.3, 0.4) is 0 Å². The number of piperazine rings is 2. The highest BCUT2D eigenvalue weighted by molar-refractivity contribution is 6.33. The average molecular weight is 854 g/mol. The molecule has 0 spiro atoms. The number of aryl methyl sites for hydroxylation is 1. The number of anilines is 4. The van der Waals surface area contributed by atoms with E-state index in [0.717, 1.165) is 74.9 Å². The van der Waals surface area contributed by atoms with Crippen molar-refractivity contribution in [2.24, 2.45) is 7.05 Å². The summed E-state index contributed by atoms with van der Waals surface area (Å²) in [6.45, 7) is 11.4. The number of aromatic nitrogens is 3. The molecule has 61 heavy (non-hydrogen) atoms. The number of nitrogens with one attached hydrogen (secondary N) is 3. The first-order valence-electron chi connectivity index (χ1n) is 20.3. The smallest absolute Gasteiger partial charge is 0.293 e. The van der Waals surface area contributed by atoms with E-state index in [1.165, 1.54) is 11.6 Å². The average Bonchev–Trinajstić information content (AvgIpc) is 3.50. The number of imide groups is 2. The lowest BCUT2D eigenvalue weighted by molar-refractivity contribution is -0.136. The van der Waals surface area contributed by atoms with E-state index in [1.54, 1.807) is 31.4 Å². The highest BCUT2D eigenvalue weighted by Crippen LogP contribution is 2.32. The van der Waals surface area contributed by atoms with Crippen LogP contribution < -0.4 is 36.0 Å². The molecule has 1 atom stereocenters. The molecule has 0 radical (unpaired) electrons. The number of hydrogen-bond donors (Lipinski definition) is 3. The van der Waals surface area contributed by atoms with Crippen molar-refractivity contribution in [3.63, 3.8) is 0 Å². The molecule has 320 valence electrons. The zero-order valence-electron chi connectivity index (χ0n) is 34.5. The minimum atomic E-state index is -0.992. The van der Waals surface area contributed by atoms with Crippen LogP contribution in [-0.4, -0.2) is 143 Å². The Morgan fingerprint density at radius 3 is 2.36 bits per heavy atom. The van der Waals surface area contributed by atoms with Crippen LogP contribution in [0.25, 0.3) is 10.9 Å². The molecule has 18 nitrogen and oxygen atoms in total. The molecular formula is C42H48ClN11O7. The van der Waals surface area contributed by atoms with Crippen LogP contribution in [0.5, 0.6) is 5.75 Å². The lowest BCUT2D eigenvalue weighted by atomic mass is 10.00. The summed E-state index contributed by atoms with van der Waals surface area (Å²) in [5.74, 6) is -1.30. The van der Waals surface area contributed by atoms with E-state index in [-0.39, 0.29) is 53.3 Å². The number of piperidine rings is 1. The van der Waals surface area contributed by atoms with Crippen LogP contribution in [0.1, 0.15) is 47.4 Å². The van der Waals surface area contributed by atoms with Crippen molar-refractivity contribution >= 4 is 75.2 Å². The van der Waals surface area contributed by atoms with Crippen LogP contribution in [0, 0.1) is 0 Å². The summed E-state index contributed by atoms with van der Waals surface area (Å²) in [7, 11) is 3.15. The first-order chi connectivity index (χ1) is 29.2. The van der Waals surface area contributed by atoms with Crippen LogP contribution in [0.15, 0.2) is 53.5 Å². The molecule has 4 aliphatic rings. The molecular weight excluding hydrogens is 806 g/mol. The van der Waals surface area contributed by atoms with E-state index in [0.29, 0.717) is 28.0 Å². The Labute approximate surface area is 356 Å². The normalized spacial score (nSPS) is 19.0. The summed E-state index contributed by atoms with van der Waals surface area (Å²) >= 11 is 6.58. The minimum absolute atomic E-state index is 0.0674. The Morgan fingerprint density at radius 1 is 0.918 bits per heavy atom. The number of rotatable bonds is 11. The van der Waals surface area contributed by atoms with Crippen LogP contribution in [-0.2, 0) is 21.4 Å². The summed E-state index contributed by atoms with van der Waals surface area (Å²) in [5, 5.41) is 9.11. The Kier molecular flexibility index (Phi) is 11.4. The first-order valence-corrected chi connectivity index (χ1v) is 20.7. The Hall–Kier alpha value is -6.11. The number of carbonyl (C=O) groups is 5. The molecule has 3 fully saturated rings. The van der Waals surface area contributed by atoms with E-state index in [9.17, 15) is 28.8 Å². The van der Waals surface area contributed by atoms with Gasteiger partial charge in [-0.15, -0.1) is 0 Å². The van der Waals surface area contributed by atoms with Crippen molar-refractivity contribution in [2.75, 3.05) is 87.7 Å². The number of benzene rings is 2. The van der Waals surface area contributed by atoms with E-state index in [2.05, 4.69) is 54.4 Å². The molecule has 19 heteroatoms. The second-order valence-corrected chi connectivity index (χ2v) is 16.7. The maximum Gasteiger partial charge on any atom is 0.293 e. The molecule has 4 aromatic rings. The molecule has 0 bridgehead atoms. The van der Waals surface area contributed by atoms with Gasteiger partial charge in [0, 0.05) is 102 Å². The molecule has 2 aromatic carbocycles. The summed E-state index contributed by atoms with van der Waals surface area (Å²) < 4.78 is 6.99. The number of pyridine rings is 1. The third-order valence-electron chi connectivity index (χ3n) is 12.0. The lowest BCUT2D eigenvalue weighted by Gasteiger charge is -2.47. The third kappa shape index (κ3) is 8.34. The SMILES string of the molecule is CNC(=O)COc1cc2cc(Nc3nc(N4CCN(C(C)(C)CN5CCN(c6ccc7c(c6)C(=O)N(C6CCC(=O)NC6=O)C7=O)CC5)CC4)ncc3Cl)ccc2n(C)c1=O. The molecule has 1 unspecified atom stereocenters. The van der Waals surface area contributed by atoms with E-state index in [4.69, 9.17) is 21.3 Å². The van der Waals surface area contributed by atoms with Gasteiger partial charge in [0.15, 0.2) is 18.2 Å². The van der Waals surface area contributed by atoms with E-state index in [1.807, 2.05) is 24.3 Å². The number of nitrogens with zero attached hydrogens (tertiary/aromatic N) is 8. The maximum atomic E-state index is 13.4. The molecule has 0 saturated carbocycles. The standard InChI is InChI=1S/C42H48ClN11O7/c1-42(2,24-50-11-13-51(14-12-50)27-6-7-28-29(21-27)39(59)54(38(28)58)32-9-10-34(55)47-37(32)57)53-17-15-52(16-18-53)41-45-22-30(43)36(48-41)46-26-5-8-31-25(19-26)20-33(40(60)49(31)4)61-23-35(56)44-3/h5-8,19-22,32H,9-18,23-24H2,1-4H3,(H,44,56)(H,45,46,48)(H,47,55,57). The van der Waals surface area contributed by atoms with Crippen LogP contribution >= 0.6 is 11.6 Å². The van der Waals surface area contributed by atoms with Gasteiger partial charge in [0.25, 0.3) is 23.3 Å². The fourth-order valence-electron chi connectivity index (χ4n) is 8.56. The zero-order chi connectivity index (χ0) is 43.2. The van der Waals surface area contributed by atoms with Gasteiger partial charge in [0.2, 0.25) is 17.8 Å². The Morgan fingerprint density at radius 2 is 1.64 bits per heavy atom. The molecule has 2 aromatic heterocycles. The molecule has 8 rings (SSSR count). The topological polar surface area (TPSA) is 195 Å². The highest BCUT2D eigenvalue weighted by atomic mass is 35.5. The number of fused-ring (bicyclic) bond motifs is 2. The molecule has 0 aliphatic carbocycles. The van der Waals surface area contributed by atoms with Crippen molar-refractivity contribution in [2.45, 2.75) is 38.3 Å². The fraction of sp³-hybridized carbons (Fsp3) is 0.429. The minimum Gasteiger partial charge on any atom is -0.478 e. The Balaban J connectivity index is 0.850. The lowest BCUT2D eigenvalue weighted by Crippen LogP contribution is -2.60. The number of halogens is 1. The van der Waals surface area contributed by atoms with Gasteiger partial charge >= 0.3 is 0 Å². The number of likely N-dealkylation sites (N-methyl/N-ethyl adjacent to an activating group) is 1. The van der Waals surface area contributed by atoms with Crippen molar-refractivity contribution in [1.29, 1.82) is 0 Å². The Bertz CT molecular complexity index is 2500. The monoisotopic (exact) mass is 853 g/mol. The van der Waals surface area contributed by atoms with Gasteiger partial charge in [-0.05, 0) is 62.7 Å². The maximum absolute atomic E-state index is 13.4. The zero-order valence-corrected chi connectivity index (χ0v) is 35.3. The largest absolute Gasteiger partial charge is 0.478 e. The highest BCUT2D eigenvalue weighted by Gasteiger charge is 2.45. The van der Waals surface area contributed by atoms with Crippen molar-refractivity contribution in [3.05, 3.63) is 75.2 Å². The van der Waals surface area contributed by atoms with Crippen molar-refractivity contribution in [3.8, 4) is 5.75 Å². The fourth-order valence-corrected chi connectivity index (χ4v) is 8.70. The van der Waals surface area contributed by atoms with Gasteiger partial charge in [0.1, 0.15) is 11.1 Å². The second-order valence-electron chi connectivity index (χ2n) is 16.3. The molecule has 3 saturated heterocycles. The number of hydrogen-bond acceptors (Lipinski definition) is 14. The van der Waals surface area contributed by atoms with Crippen LogP contribution in [0.4, 0.5) is 23.1 Å². The van der Waals surface area contributed by atoms with Gasteiger partial charge < -0.3 is 29.7 Å². The summed E-state index contributed by atoms with van der Waals surface area (Å²) in [4.78, 5) is 94.9. The molecule has 6 heterocycles. The van der Waals surface area contributed by atoms with Gasteiger partial charge in [-0.2, -0.15) is 4.98 Å². The van der Waals surface area contributed by atoms with Crippen molar-refractivity contribution < 1.29 is 28.7 Å². The van der Waals surface area contributed by atoms with E-state index < -0.39 is 29.7 Å². The van der Waals surface area contributed by atoms with Gasteiger partial charge in [0.05, 0.1) is 22.8 Å². The quantitative estimate of drug-likeness (QED) is 0.186. The van der Waals surface area contributed by atoms with Crippen molar-refractivity contribution in [1.82, 2.24) is 39.9 Å². The number of carbonyl (C=O) groups excluding carboxylic acids is 5. The summed E-state index contributed by atoms with van der Waals surface area (Å²) in [5.41, 5.74) is 2.34. The van der Waals surface area contributed by atoms with Gasteiger partial charge in [-0.1, -0.05) is 11.6 Å². The third-order valence-corrected chi connectivity index (χ3v) is 12.3. The van der Waals surface area contributed by atoms with E-state index >= 15 is 0 Å². The molecule has 5 amide bonds. The summed E-state index contributed by atoms with van der Waals surface area (Å²) in [6.07, 6.45) is 1.79. The predicted molar refractivity (Wildman–Crippen MR) is 229 cm³/mol. The first kappa shape index (κ1) is 41.6. The summed E-state index contributed by atoms with van der Waals surface area (Å²) in [6, 6.07) is 11.4. The van der Waals surface area contributed by atoms with Gasteiger partial charge in [-0.3, -0.25) is 48.8 Å². The van der Waals surface area contributed by atoms with Crippen LogP contribution in [0.2, 0.25) is 5.02 Å². The predicted octanol–water partition coefficient (Wildman–Crippen LogP) is 1.97. The molecule has 4 aliphatic heterocycles. The number of ether oxygens (including phenoxy) is 1. The van der Waals surface area contributed by atoms with Gasteiger partial charge in [-0.25, -0.2) is 4.98 Å². The molecule has 3 N–H and O–H groups in total. The number of amides is 5. The second kappa shape index (κ2) is 16.7.